The third-order valence-electron chi connectivity index (χ3n) is 1.77. The summed E-state index contributed by atoms with van der Waals surface area (Å²) in [5.41, 5.74) is 5.22. The summed E-state index contributed by atoms with van der Waals surface area (Å²) in [6.07, 6.45) is 0. The van der Waals surface area contributed by atoms with Gasteiger partial charge in [0.05, 0.1) is 6.54 Å². The Hall–Kier alpha value is -1.14. The van der Waals surface area contributed by atoms with Gasteiger partial charge in [-0.25, -0.2) is 0 Å². The minimum Gasteiger partial charge on any atom is -0.353 e. The maximum atomic E-state index is 11.3. The lowest BCUT2D eigenvalue weighted by atomic mass is 10.2. The van der Waals surface area contributed by atoms with E-state index in [4.69, 9.17) is 5.73 Å². The molecule has 0 aromatic rings. The molecule has 1 aliphatic rings. The molecule has 0 saturated carbocycles. The monoisotopic (exact) mass is 186 g/mol. The summed E-state index contributed by atoms with van der Waals surface area (Å²) in [6.45, 7) is 1.42. The molecule has 1 fully saturated rings. The highest BCUT2D eigenvalue weighted by Crippen LogP contribution is 1.87. The second-order valence-electron chi connectivity index (χ2n) is 2.82. The molecule has 1 atom stereocenters. The molecule has 5 N–H and O–H groups in total. The zero-order valence-electron chi connectivity index (χ0n) is 7.30. The largest absolute Gasteiger partial charge is 0.353 e. The Kier molecular flexibility index (Phi) is 3.66. The van der Waals surface area contributed by atoms with E-state index in [-0.39, 0.29) is 24.4 Å². The molecular formula is C7H14N4O2. The normalized spacial score (nSPS) is 22.2. The lowest BCUT2D eigenvalue weighted by molar-refractivity contribution is -0.126. The van der Waals surface area contributed by atoms with Crippen molar-refractivity contribution in [2.24, 2.45) is 5.73 Å². The van der Waals surface area contributed by atoms with Gasteiger partial charge in [0.15, 0.2) is 0 Å². The van der Waals surface area contributed by atoms with Gasteiger partial charge >= 0.3 is 0 Å². The average molecular weight is 186 g/mol. The van der Waals surface area contributed by atoms with Crippen molar-refractivity contribution < 1.29 is 9.59 Å². The van der Waals surface area contributed by atoms with Crippen LogP contribution in [0.1, 0.15) is 0 Å². The number of nitrogens with one attached hydrogen (secondary N) is 3. The molecule has 0 bridgehead atoms. The van der Waals surface area contributed by atoms with Crippen LogP contribution in [0.4, 0.5) is 0 Å². The van der Waals surface area contributed by atoms with E-state index in [2.05, 4.69) is 16.0 Å². The van der Waals surface area contributed by atoms with Crippen LogP contribution in [0.5, 0.6) is 0 Å². The first-order chi connectivity index (χ1) is 6.24. The van der Waals surface area contributed by atoms with E-state index >= 15 is 0 Å². The summed E-state index contributed by atoms with van der Waals surface area (Å²) >= 11 is 0. The fourth-order valence-electron chi connectivity index (χ4n) is 1.07. The minimum atomic E-state index is -0.329. The molecule has 1 heterocycles. The zero-order valence-corrected chi connectivity index (χ0v) is 7.30. The Morgan fingerprint density at radius 3 is 3.00 bits per heavy atom. The summed E-state index contributed by atoms with van der Waals surface area (Å²) in [4.78, 5) is 22.0. The molecule has 0 aliphatic carbocycles. The Balaban J connectivity index is 2.27. The van der Waals surface area contributed by atoms with Gasteiger partial charge in [-0.1, -0.05) is 0 Å². The third-order valence-corrected chi connectivity index (χ3v) is 1.77. The zero-order chi connectivity index (χ0) is 9.68. The molecule has 0 radical (unpaired) electrons. The van der Waals surface area contributed by atoms with E-state index in [0.29, 0.717) is 19.6 Å². The first-order valence-corrected chi connectivity index (χ1v) is 4.22. The predicted octanol–water partition coefficient (Wildman–Crippen LogP) is -2.85. The van der Waals surface area contributed by atoms with Crippen LogP contribution in [0.15, 0.2) is 0 Å². The molecule has 6 heteroatoms. The molecule has 0 spiro atoms. The number of carbonyl (C=O) groups excluding carboxylic acids is 2. The van der Waals surface area contributed by atoms with Gasteiger partial charge in [0.25, 0.3) is 0 Å². The van der Waals surface area contributed by atoms with Gasteiger partial charge in [-0.15, -0.1) is 0 Å². The first kappa shape index (κ1) is 9.94. The Morgan fingerprint density at radius 2 is 2.46 bits per heavy atom. The van der Waals surface area contributed by atoms with Crippen LogP contribution in [0, 0.1) is 0 Å². The molecule has 0 aromatic carbocycles. The molecule has 74 valence electrons. The van der Waals surface area contributed by atoms with Gasteiger partial charge in [0, 0.05) is 19.6 Å². The quantitative estimate of drug-likeness (QED) is 0.381. The number of carbonyl (C=O) groups is 2. The highest BCUT2D eigenvalue weighted by molar-refractivity contribution is 5.86. The molecule has 1 unspecified atom stereocenters. The summed E-state index contributed by atoms with van der Waals surface area (Å²) in [5, 5.41) is 8.05. The number of piperazine rings is 1. The highest BCUT2D eigenvalue weighted by Gasteiger charge is 2.22. The average Bonchev–Trinajstić information content (AvgIpc) is 2.15. The van der Waals surface area contributed by atoms with Gasteiger partial charge in [0.1, 0.15) is 6.04 Å². The van der Waals surface area contributed by atoms with Crippen molar-refractivity contribution in [1.82, 2.24) is 16.0 Å². The Bertz CT molecular complexity index is 197. The summed E-state index contributed by atoms with van der Waals surface area (Å²) in [5.74, 6) is -0.201. The van der Waals surface area contributed by atoms with Crippen LogP contribution in [0.2, 0.25) is 0 Å². The van der Waals surface area contributed by atoms with Gasteiger partial charge in [-0.3, -0.25) is 14.9 Å². The molecule has 13 heavy (non-hydrogen) atoms. The van der Waals surface area contributed by atoms with Crippen LogP contribution < -0.4 is 21.7 Å². The second-order valence-corrected chi connectivity index (χ2v) is 2.82. The highest BCUT2D eigenvalue weighted by atomic mass is 16.2. The summed E-state index contributed by atoms with van der Waals surface area (Å²) in [7, 11) is 0. The predicted molar refractivity (Wildman–Crippen MR) is 46.9 cm³/mol. The van der Waals surface area contributed by atoms with Crippen molar-refractivity contribution in [3.8, 4) is 0 Å². The van der Waals surface area contributed by atoms with Crippen LogP contribution >= 0.6 is 0 Å². The smallest absolute Gasteiger partial charge is 0.239 e. The number of hydrogen-bond donors (Lipinski definition) is 4. The summed E-state index contributed by atoms with van der Waals surface area (Å²) in [6, 6.07) is -0.329. The van der Waals surface area contributed by atoms with Crippen molar-refractivity contribution >= 4 is 11.8 Å². The number of rotatable bonds is 3. The number of hydrogen-bond acceptors (Lipinski definition) is 4. The van der Waals surface area contributed by atoms with Gasteiger partial charge in [-0.2, -0.15) is 0 Å². The van der Waals surface area contributed by atoms with Gasteiger partial charge in [-0.05, 0) is 0 Å². The fourth-order valence-corrected chi connectivity index (χ4v) is 1.07. The SMILES string of the molecule is NCCNC(=O)C1CNC(=O)CN1. The van der Waals surface area contributed by atoms with E-state index in [0.717, 1.165) is 0 Å². The van der Waals surface area contributed by atoms with Crippen molar-refractivity contribution in [2.75, 3.05) is 26.2 Å². The van der Waals surface area contributed by atoms with Gasteiger partial charge in [0.2, 0.25) is 11.8 Å². The van der Waals surface area contributed by atoms with E-state index in [1.807, 2.05) is 0 Å². The number of nitrogens with two attached hydrogens (primary N) is 1. The van der Waals surface area contributed by atoms with E-state index in [9.17, 15) is 9.59 Å². The molecular weight excluding hydrogens is 172 g/mol. The molecule has 1 rings (SSSR count). The summed E-state index contributed by atoms with van der Waals surface area (Å²) < 4.78 is 0. The lowest BCUT2D eigenvalue weighted by Crippen LogP contribution is -2.58. The second kappa shape index (κ2) is 4.78. The standard InChI is InChI=1S/C7H14N4O2/c8-1-2-9-7(13)5-3-11-6(12)4-10-5/h5,10H,1-4,8H2,(H,9,13)(H,11,12). The van der Waals surface area contributed by atoms with Crippen LogP contribution in [0.3, 0.4) is 0 Å². The topological polar surface area (TPSA) is 96.2 Å². The molecule has 1 aliphatic heterocycles. The van der Waals surface area contributed by atoms with Crippen LogP contribution in [-0.4, -0.2) is 44.0 Å². The first-order valence-electron chi connectivity index (χ1n) is 4.22. The van der Waals surface area contributed by atoms with E-state index in [1.165, 1.54) is 0 Å². The Morgan fingerprint density at radius 1 is 1.69 bits per heavy atom. The fraction of sp³-hybridized carbons (Fsp3) is 0.714. The molecule has 2 amide bonds. The van der Waals surface area contributed by atoms with Crippen LogP contribution in [0.25, 0.3) is 0 Å². The van der Waals surface area contributed by atoms with Crippen molar-refractivity contribution in [2.45, 2.75) is 6.04 Å². The number of amides is 2. The van der Waals surface area contributed by atoms with Crippen molar-refractivity contribution in [3.63, 3.8) is 0 Å². The third kappa shape index (κ3) is 3.00. The molecule has 6 nitrogen and oxygen atoms in total. The minimum absolute atomic E-state index is 0.0807. The lowest BCUT2D eigenvalue weighted by Gasteiger charge is -2.22. The van der Waals surface area contributed by atoms with E-state index < -0.39 is 0 Å². The molecule has 1 saturated heterocycles. The van der Waals surface area contributed by atoms with Crippen molar-refractivity contribution in [1.29, 1.82) is 0 Å². The Labute approximate surface area is 76.2 Å². The van der Waals surface area contributed by atoms with Gasteiger partial charge < -0.3 is 16.4 Å². The van der Waals surface area contributed by atoms with E-state index in [1.54, 1.807) is 0 Å². The van der Waals surface area contributed by atoms with Crippen LogP contribution in [-0.2, 0) is 9.59 Å². The maximum absolute atomic E-state index is 11.3. The molecule has 0 aromatic heterocycles. The van der Waals surface area contributed by atoms with Crippen molar-refractivity contribution in [3.05, 3.63) is 0 Å². The maximum Gasteiger partial charge on any atom is 0.239 e.